The first-order valence-electron chi connectivity index (χ1n) is 6.00. The first kappa shape index (κ1) is 12.9. The van der Waals surface area contributed by atoms with Gasteiger partial charge in [0.25, 0.3) is 5.91 Å². The van der Waals surface area contributed by atoms with E-state index in [-0.39, 0.29) is 0 Å². The zero-order chi connectivity index (χ0) is 13.7. The summed E-state index contributed by atoms with van der Waals surface area (Å²) in [6.07, 6.45) is 2.57. The van der Waals surface area contributed by atoms with Gasteiger partial charge >= 0.3 is 0 Å². The molecule has 0 saturated carbocycles. The van der Waals surface area contributed by atoms with Gasteiger partial charge in [0.15, 0.2) is 0 Å². The van der Waals surface area contributed by atoms with Crippen molar-refractivity contribution in [3.63, 3.8) is 0 Å². The predicted octanol–water partition coefficient (Wildman–Crippen LogP) is 1.42. The number of carbonyl (C=O) groups excluding carboxylic acids is 1. The summed E-state index contributed by atoms with van der Waals surface area (Å²) in [5.74, 6) is -0.522. The summed E-state index contributed by atoms with van der Waals surface area (Å²) in [5, 5.41) is 3.21. The van der Waals surface area contributed by atoms with E-state index in [1.807, 2.05) is 24.3 Å². The molecule has 0 unspecified atom stereocenters. The standard InChI is InChI=1S/C14H16N4O/c15-13-5-4-11(9-12(13)14(16)19)18-8-6-10-3-1-2-7-17-10/h1-5,7,9,18H,6,8,15H2,(H2,16,19). The average molecular weight is 256 g/mol. The molecule has 0 atom stereocenters. The fourth-order valence-electron chi connectivity index (χ4n) is 1.76. The molecule has 1 amide bonds. The van der Waals surface area contributed by atoms with Crippen molar-refractivity contribution in [2.45, 2.75) is 6.42 Å². The molecule has 5 N–H and O–H groups in total. The number of nitrogens with one attached hydrogen (secondary N) is 1. The number of primary amides is 1. The molecule has 0 spiro atoms. The molecule has 0 radical (unpaired) electrons. The molecule has 1 heterocycles. The molecular weight excluding hydrogens is 240 g/mol. The quantitative estimate of drug-likeness (QED) is 0.705. The number of anilines is 2. The fraction of sp³-hybridized carbons (Fsp3) is 0.143. The molecule has 0 aliphatic rings. The molecule has 1 aromatic heterocycles. The molecule has 2 rings (SSSR count). The van der Waals surface area contributed by atoms with Crippen LogP contribution in [0.1, 0.15) is 16.1 Å². The van der Waals surface area contributed by atoms with Crippen LogP contribution in [-0.2, 0) is 6.42 Å². The highest BCUT2D eigenvalue weighted by molar-refractivity contribution is 5.98. The van der Waals surface area contributed by atoms with Crippen molar-refractivity contribution in [3.8, 4) is 0 Å². The summed E-state index contributed by atoms with van der Waals surface area (Å²) >= 11 is 0. The smallest absolute Gasteiger partial charge is 0.250 e. The second kappa shape index (κ2) is 5.86. The van der Waals surface area contributed by atoms with Crippen LogP contribution in [0, 0.1) is 0 Å². The van der Waals surface area contributed by atoms with Crippen molar-refractivity contribution in [1.29, 1.82) is 0 Å². The van der Waals surface area contributed by atoms with Crippen molar-refractivity contribution in [2.24, 2.45) is 5.73 Å². The van der Waals surface area contributed by atoms with Gasteiger partial charge in [0.2, 0.25) is 0 Å². The van der Waals surface area contributed by atoms with Gasteiger partial charge in [0, 0.05) is 36.2 Å². The molecule has 98 valence electrons. The lowest BCUT2D eigenvalue weighted by Gasteiger charge is -2.08. The van der Waals surface area contributed by atoms with E-state index in [9.17, 15) is 4.79 Å². The fourth-order valence-corrected chi connectivity index (χ4v) is 1.76. The van der Waals surface area contributed by atoms with Gasteiger partial charge in [0.1, 0.15) is 0 Å². The maximum Gasteiger partial charge on any atom is 0.250 e. The largest absolute Gasteiger partial charge is 0.398 e. The number of hydrogen-bond donors (Lipinski definition) is 3. The van der Waals surface area contributed by atoms with Gasteiger partial charge in [-0.05, 0) is 30.3 Å². The molecule has 19 heavy (non-hydrogen) atoms. The first-order chi connectivity index (χ1) is 9.16. The molecule has 0 bridgehead atoms. The maximum atomic E-state index is 11.2. The molecule has 2 aromatic rings. The Kier molecular flexibility index (Phi) is 3.97. The third-order valence-corrected chi connectivity index (χ3v) is 2.76. The predicted molar refractivity (Wildman–Crippen MR) is 75.8 cm³/mol. The lowest BCUT2D eigenvalue weighted by molar-refractivity contribution is 0.100. The van der Waals surface area contributed by atoms with Crippen LogP contribution in [0.3, 0.4) is 0 Å². The van der Waals surface area contributed by atoms with Crippen LogP contribution in [0.4, 0.5) is 11.4 Å². The zero-order valence-electron chi connectivity index (χ0n) is 10.5. The topological polar surface area (TPSA) is 94.0 Å². The van der Waals surface area contributed by atoms with E-state index in [2.05, 4.69) is 10.3 Å². The van der Waals surface area contributed by atoms with Gasteiger partial charge in [-0.1, -0.05) is 6.07 Å². The van der Waals surface area contributed by atoms with E-state index >= 15 is 0 Å². The number of nitrogen functional groups attached to an aromatic ring is 1. The Morgan fingerprint density at radius 1 is 1.26 bits per heavy atom. The number of pyridine rings is 1. The van der Waals surface area contributed by atoms with Gasteiger partial charge in [0.05, 0.1) is 5.56 Å². The van der Waals surface area contributed by atoms with Crippen LogP contribution >= 0.6 is 0 Å². The number of nitrogens with zero attached hydrogens (tertiary/aromatic N) is 1. The highest BCUT2D eigenvalue weighted by atomic mass is 16.1. The van der Waals surface area contributed by atoms with Gasteiger partial charge in [-0.15, -0.1) is 0 Å². The molecular formula is C14H16N4O. The normalized spacial score (nSPS) is 10.1. The van der Waals surface area contributed by atoms with Crippen molar-refractivity contribution in [3.05, 3.63) is 53.9 Å². The van der Waals surface area contributed by atoms with Crippen LogP contribution in [0.25, 0.3) is 0 Å². The summed E-state index contributed by atoms with van der Waals surface area (Å²) < 4.78 is 0. The number of rotatable bonds is 5. The summed E-state index contributed by atoms with van der Waals surface area (Å²) in [6, 6.07) is 11.0. The average Bonchev–Trinajstić information content (AvgIpc) is 2.41. The summed E-state index contributed by atoms with van der Waals surface area (Å²) in [6.45, 7) is 0.721. The second-order valence-electron chi connectivity index (χ2n) is 4.16. The van der Waals surface area contributed by atoms with Crippen LogP contribution in [-0.4, -0.2) is 17.4 Å². The van der Waals surface area contributed by atoms with Gasteiger partial charge in [-0.3, -0.25) is 9.78 Å². The Morgan fingerprint density at radius 2 is 2.11 bits per heavy atom. The highest BCUT2D eigenvalue weighted by Gasteiger charge is 2.06. The van der Waals surface area contributed by atoms with Crippen molar-refractivity contribution < 1.29 is 4.79 Å². The maximum absolute atomic E-state index is 11.2. The Labute approximate surface area is 111 Å². The third-order valence-electron chi connectivity index (χ3n) is 2.76. The Morgan fingerprint density at radius 3 is 2.79 bits per heavy atom. The molecule has 5 heteroatoms. The number of benzene rings is 1. The Hall–Kier alpha value is -2.56. The monoisotopic (exact) mass is 256 g/mol. The summed E-state index contributed by atoms with van der Waals surface area (Å²) in [7, 11) is 0. The zero-order valence-corrected chi connectivity index (χ0v) is 10.5. The van der Waals surface area contributed by atoms with E-state index in [0.29, 0.717) is 11.3 Å². The van der Waals surface area contributed by atoms with Gasteiger partial charge in [-0.25, -0.2) is 0 Å². The minimum atomic E-state index is -0.522. The van der Waals surface area contributed by atoms with Gasteiger partial charge in [-0.2, -0.15) is 0 Å². The van der Waals surface area contributed by atoms with Crippen molar-refractivity contribution in [1.82, 2.24) is 4.98 Å². The van der Waals surface area contributed by atoms with Crippen LogP contribution < -0.4 is 16.8 Å². The van der Waals surface area contributed by atoms with E-state index in [0.717, 1.165) is 24.3 Å². The SMILES string of the molecule is NC(=O)c1cc(NCCc2ccccn2)ccc1N. The van der Waals surface area contributed by atoms with Crippen molar-refractivity contribution in [2.75, 3.05) is 17.6 Å². The lowest BCUT2D eigenvalue weighted by atomic mass is 10.1. The molecule has 1 aromatic carbocycles. The number of hydrogen-bond acceptors (Lipinski definition) is 4. The second-order valence-corrected chi connectivity index (χ2v) is 4.16. The third kappa shape index (κ3) is 3.45. The van der Waals surface area contributed by atoms with Crippen LogP contribution in [0.5, 0.6) is 0 Å². The minimum absolute atomic E-state index is 0.336. The Balaban J connectivity index is 1.97. The molecule has 5 nitrogen and oxygen atoms in total. The Bertz CT molecular complexity index is 569. The first-order valence-corrected chi connectivity index (χ1v) is 6.00. The minimum Gasteiger partial charge on any atom is -0.398 e. The lowest BCUT2D eigenvalue weighted by Crippen LogP contribution is -2.14. The van der Waals surface area contributed by atoms with Crippen molar-refractivity contribution >= 4 is 17.3 Å². The van der Waals surface area contributed by atoms with E-state index < -0.39 is 5.91 Å². The highest BCUT2D eigenvalue weighted by Crippen LogP contribution is 2.17. The van der Waals surface area contributed by atoms with Gasteiger partial charge < -0.3 is 16.8 Å². The summed E-state index contributed by atoms with van der Waals surface area (Å²) in [4.78, 5) is 15.4. The van der Waals surface area contributed by atoms with Crippen LogP contribution in [0.15, 0.2) is 42.6 Å². The van der Waals surface area contributed by atoms with E-state index in [1.165, 1.54) is 0 Å². The molecule has 0 saturated heterocycles. The molecule has 0 aliphatic heterocycles. The number of aromatic nitrogens is 1. The number of nitrogens with two attached hydrogens (primary N) is 2. The molecule has 0 aliphatic carbocycles. The number of amides is 1. The van der Waals surface area contributed by atoms with E-state index in [1.54, 1.807) is 18.3 Å². The van der Waals surface area contributed by atoms with Crippen LogP contribution in [0.2, 0.25) is 0 Å². The summed E-state index contributed by atoms with van der Waals surface area (Å²) in [5.41, 5.74) is 13.5. The molecule has 0 fully saturated rings. The van der Waals surface area contributed by atoms with E-state index in [4.69, 9.17) is 11.5 Å². The number of carbonyl (C=O) groups is 1.